The van der Waals surface area contributed by atoms with E-state index in [0.717, 1.165) is 0 Å². The maximum Gasteiger partial charge on any atom is 0.309 e. The lowest BCUT2D eigenvalue weighted by atomic mass is 9.92. The summed E-state index contributed by atoms with van der Waals surface area (Å²) >= 11 is 0. The number of rotatable bonds is 2. The summed E-state index contributed by atoms with van der Waals surface area (Å²) < 4.78 is 0. The summed E-state index contributed by atoms with van der Waals surface area (Å²) in [6.45, 7) is 5.78. The van der Waals surface area contributed by atoms with Crippen LogP contribution in [-0.2, 0) is 4.79 Å². The Balaban J connectivity index is 2.74. The van der Waals surface area contributed by atoms with E-state index in [-0.39, 0.29) is 0 Å². The van der Waals surface area contributed by atoms with E-state index in [1.54, 1.807) is 6.92 Å². The third-order valence-corrected chi connectivity index (χ3v) is 3.21. The first-order chi connectivity index (χ1) is 5.84. The highest BCUT2D eigenvalue weighted by molar-refractivity contribution is 5.72. The number of hydrogen-bond acceptors (Lipinski definition) is 2. The van der Waals surface area contributed by atoms with Gasteiger partial charge in [-0.2, -0.15) is 0 Å². The molecule has 0 aromatic rings. The first kappa shape index (κ1) is 10.5. The normalized spacial score (nSPS) is 39.8. The van der Waals surface area contributed by atoms with Crippen LogP contribution < -0.4 is 0 Å². The molecule has 1 fully saturated rings. The predicted octanol–water partition coefficient (Wildman–Crippen LogP) is 1.50. The number of carboxylic acid groups (broad SMARTS) is 1. The third-order valence-electron chi connectivity index (χ3n) is 3.21. The van der Waals surface area contributed by atoms with Crippen molar-refractivity contribution in [1.29, 1.82) is 0 Å². The molecule has 3 heteroatoms. The fourth-order valence-electron chi connectivity index (χ4n) is 2.19. The Morgan fingerprint density at radius 2 is 2.08 bits per heavy atom. The van der Waals surface area contributed by atoms with Gasteiger partial charge in [0.05, 0.1) is 11.5 Å². The Kier molecular flexibility index (Phi) is 2.66. The average molecular weight is 186 g/mol. The summed E-state index contributed by atoms with van der Waals surface area (Å²) in [5.74, 6) is -0.653. The molecule has 1 aliphatic rings. The molecular formula is C10H18O3. The number of aliphatic carboxylic acids is 1. The minimum Gasteiger partial charge on any atom is -0.481 e. The monoisotopic (exact) mass is 186 g/mol. The van der Waals surface area contributed by atoms with E-state index >= 15 is 0 Å². The molecular weight excluding hydrogens is 168 g/mol. The van der Waals surface area contributed by atoms with Gasteiger partial charge in [0.15, 0.2) is 0 Å². The molecule has 0 heterocycles. The topological polar surface area (TPSA) is 57.5 Å². The smallest absolute Gasteiger partial charge is 0.309 e. The molecule has 0 amide bonds. The van der Waals surface area contributed by atoms with Gasteiger partial charge in [-0.25, -0.2) is 0 Å². The van der Waals surface area contributed by atoms with Crippen LogP contribution in [0, 0.1) is 17.8 Å². The molecule has 1 saturated carbocycles. The fourth-order valence-corrected chi connectivity index (χ4v) is 2.19. The predicted molar refractivity (Wildman–Crippen MR) is 49.3 cm³/mol. The second-order valence-electron chi connectivity index (χ2n) is 4.69. The lowest BCUT2D eigenvalue weighted by molar-refractivity contribution is -0.148. The Hall–Kier alpha value is -0.570. The summed E-state index contributed by atoms with van der Waals surface area (Å²) in [7, 11) is 0. The van der Waals surface area contributed by atoms with E-state index in [2.05, 4.69) is 13.8 Å². The molecule has 0 saturated heterocycles. The van der Waals surface area contributed by atoms with E-state index in [1.165, 1.54) is 0 Å². The largest absolute Gasteiger partial charge is 0.481 e. The van der Waals surface area contributed by atoms with Gasteiger partial charge in [-0.15, -0.1) is 0 Å². The highest BCUT2D eigenvalue weighted by Gasteiger charge is 2.47. The number of carboxylic acids is 1. The maximum atomic E-state index is 10.8. The van der Waals surface area contributed by atoms with Crippen molar-refractivity contribution in [3.05, 3.63) is 0 Å². The molecule has 0 radical (unpaired) electrons. The van der Waals surface area contributed by atoms with Crippen LogP contribution in [0.15, 0.2) is 0 Å². The second kappa shape index (κ2) is 3.29. The average Bonchev–Trinajstić information content (AvgIpc) is 2.25. The fraction of sp³-hybridized carbons (Fsp3) is 0.900. The van der Waals surface area contributed by atoms with E-state index in [0.29, 0.717) is 24.7 Å². The van der Waals surface area contributed by atoms with Gasteiger partial charge < -0.3 is 10.2 Å². The molecule has 0 spiro atoms. The van der Waals surface area contributed by atoms with Crippen molar-refractivity contribution < 1.29 is 15.0 Å². The van der Waals surface area contributed by atoms with Gasteiger partial charge in [0, 0.05) is 0 Å². The molecule has 1 aliphatic carbocycles. The van der Waals surface area contributed by atoms with Gasteiger partial charge >= 0.3 is 5.97 Å². The van der Waals surface area contributed by atoms with Crippen molar-refractivity contribution >= 4 is 5.97 Å². The van der Waals surface area contributed by atoms with Gasteiger partial charge in [-0.3, -0.25) is 4.79 Å². The molecule has 3 unspecified atom stereocenters. The summed E-state index contributed by atoms with van der Waals surface area (Å²) in [6.07, 6.45) is 1.22. The van der Waals surface area contributed by atoms with Crippen LogP contribution >= 0.6 is 0 Å². The van der Waals surface area contributed by atoms with Crippen LogP contribution in [0.5, 0.6) is 0 Å². The molecule has 3 atom stereocenters. The number of carbonyl (C=O) groups is 1. The first-order valence-corrected chi connectivity index (χ1v) is 4.80. The molecule has 0 aromatic heterocycles. The van der Waals surface area contributed by atoms with Crippen LogP contribution in [0.3, 0.4) is 0 Å². The SMILES string of the molecule is CC(C)C1CC(C(=O)O)C(C)(O)C1. The molecule has 0 aliphatic heterocycles. The highest BCUT2D eigenvalue weighted by Crippen LogP contribution is 2.42. The molecule has 2 N–H and O–H groups in total. The first-order valence-electron chi connectivity index (χ1n) is 4.80. The standard InChI is InChI=1S/C10H18O3/c1-6(2)7-4-8(9(11)12)10(3,13)5-7/h6-8,13H,4-5H2,1-3H3,(H,11,12). The van der Waals surface area contributed by atoms with Crippen LogP contribution in [0.25, 0.3) is 0 Å². The zero-order valence-corrected chi connectivity index (χ0v) is 8.45. The Morgan fingerprint density at radius 3 is 2.31 bits per heavy atom. The van der Waals surface area contributed by atoms with Gasteiger partial charge in [0.25, 0.3) is 0 Å². The minimum atomic E-state index is -1.01. The van der Waals surface area contributed by atoms with Gasteiger partial charge in [0.2, 0.25) is 0 Å². The Morgan fingerprint density at radius 1 is 1.54 bits per heavy atom. The second-order valence-corrected chi connectivity index (χ2v) is 4.69. The Bertz CT molecular complexity index is 208. The van der Waals surface area contributed by atoms with Crippen molar-refractivity contribution in [3.8, 4) is 0 Å². The van der Waals surface area contributed by atoms with Crippen molar-refractivity contribution in [3.63, 3.8) is 0 Å². The molecule has 0 aromatic carbocycles. The van der Waals surface area contributed by atoms with E-state index in [4.69, 9.17) is 5.11 Å². The lowest BCUT2D eigenvalue weighted by Gasteiger charge is -2.21. The van der Waals surface area contributed by atoms with Crippen LogP contribution in [0.4, 0.5) is 0 Å². The van der Waals surface area contributed by atoms with Crippen LogP contribution in [0.2, 0.25) is 0 Å². The molecule has 3 nitrogen and oxygen atoms in total. The van der Waals surface area contributed by atoms with E-state index < -0.39 is 17.5 Å². The van der Waals surface area contributed by atoms with E-state index in [1.807, 2.05) is 0 Å². The maximum absolute atomic E-state index is 10.8. The third kappa shape index (κ3) is 2.02. The summed E-state index contributed by atoms with van der Waals surface area (Å²) in [4.78, 5) is 10.8. The molecule has 76 valence electrons. The van der Waals surface area contributed by atoms with Crippen molar-refractivity contribution in [2.45, 2.75) is 39.2 Å². The lowest BCUT2D eigenvalue weighted by Crippen LogP contribution is -2.34. The zero-order valence-electron chi connectivity index (χ0n) is 8.45. The Labute approximate surface area is 78.8 Å². The summed E-state index contributed by atoms with van der Waals surface area (Å²) in [6, 6.07) is 0. The van der Waals surface area contributed by atoms with Gasteiger partial charge in [-0.05, 0) is 31.6 Å². The summed E-state index contributed by atoms with van der Waals surface area (Å²) in [5.41, 5.74) is -1.01. The van der Waals surface area contributed by atoms with Crippen molar-refractivity contribution in [2.24, 2.45) is 17.8 Å². The van der Waals surface area contributed by atoms with Gasteiger partial charge in [0.1, 0.15) is 0 Å². The molecule has 1 rings (SSSR count). The molecule has 0 bridgehead atoms. The van der Waals surface area contributed by atoms with E-state index in [9.17, 15) is 9.90 Å². The quantitative estimate of drug-likeness (QED) is 0.687. The summed E-state index contributed by atoms with van der Waals surface area (Å²) in [5, 5.41) is 18.8. The number of hydrogen-bond donors (Lipinski definition) is 2. The van der Waals surface area contributed by atoms with Crippen molar-refractivity contribution in [2.75, 3.05) is 0 Å². The molecule has 13 heavy (non-hydrogen) atoms. The van der Waals surface area contributed by atoms with Crippen molar-refractivity contribution in [1.82, 2.24) is 0 Å². The minimum absolute atomic E-state index is 0.344. The number of aliphatic hydroxyl groups is 1. The van der Waals surface area contributed by atoms with Crippen LogP contribution in [-0.4, -0.2) is 21.8 Å². The zero-order chi connectivity index (χ0) is 10.2. The van der Waals surface area contributed by atoms with Crippen LogP contribution in [0.1, 0.15) is 33.6 Å². The highest BCUT2D eigenvalue weighted by atomic mass is 16.4. The van der Waals surface area contributed by atoms with Gasteiger partial charge in [-0.1, -0.05) is 13.8 Å².